The van der Waals surface area contributed by atoms with Crippen molar-refractivity contribution in [2.24, 2.45) is 4.99 Å². The molecule has 1 heterocycles. The second-order valence-corrected chi connectivity index (χ2v) is 9.17. The first-order valence-corrected chi connectivity index (χ1v) is 12.0. The fraction of sp³-hybridized carbons (Fsp3) is 0.292. The molecule has 7 nitrogen and oxygen atoms in total. The lowest BCUT2D eigenvalue weighted by atomic mass is 10.1. The van der Waals surface area contributed by atoms with Gasteiger partial charge in [0.25, 0.3) is 10.0 Å². The van der Waals surface area contributed by atoms with E-state index in [0.717, 1.165) is 24.8 Å². The monoisotopic (exact) mass is 450 g/mol. The van der Waals surface area contributed by atoms with Gasteiger partial charge in [-0.05, 0) is 42.7 Å². The first-order valence-electron chi connectivity index (χ1n) is 10.5. The minimum absolute atomic E-state index is 0.0538. The van der Waals surface area contributed by atoms with Gasteiger partial charge in [0.2, 0.25) is 5.91 Å². The number of hydrogen-bond donors (Lipinski definition) is 1. The van der Waals surface area contributed by atoms with Crippen molar-refractivity contribution >= 4 is 21.8 Å². The first-order chi connectivity index (χ1) is 15.4. The van der Waals surface area contributed by atoms with E-state index in [0.29, 0.717) is 43.0 Å². The van der Waals surface area contributed by atoms with Gasteiger partial charge in [-0.2, -0.15) is 5.26 Å². The highest BCUT2D eigenvalue weighted by Gasteiger charge is 2.29. The van der Waals surface area contributed by atoms with Gasteiger partial charge in [-0.25, -0.2) is 8.42 Å². The van der Waals surface area contributed by atoms with Crippen LogP contribution >= 0.6 is 0 Å². The van der Waals surface area contributed by atoms with Gasteiger partial charge >= 0.3 is 0 Å². The van der Waals surface area contributed by atoms with E-state index in [4.69, 9.17) is 5.26 Å². The third-order valence-corrected chi connectivity index (χ3v) is 6.54. The Morgan fingerprint density at radius 2 is 1.88 bits per heavy atom. The van der Waals surface area contributed by atoms with Gasteiger partial charge in [-0.1, -0.05) is 36.8 Å². The normalized spacial score (nSPS) is 14.9. The molecule has 166 valence electrons. The molecule has 0 spiro atoms. The number of carbonyl (C=O) groups excluding carboxylic acids is 1. The summed E-state index contributed by atoms with van der Waals surface area (Å²) in [7, 11) is -3.51. The molecule has 0 saturated carbocycles. The number of nitriles is 1. The number of hydrogen-bond acceptors (Lipinski definition) is 5. The van der Waals surface area contributed by atoms with Crippen LogP contribution in [0, 0.1) is 11.3 Å². The van der Waals surface area contributed by atoms with Crippen molar-refractivity contribution in [1.29, 1.82) is 5.26 Å². The summed E-state index contributed by atoms with van der Waals surface area (Å²) < 4.78 is 26.7. The van der Waals surface area contributed by atoms with Crippen LogP contribution in [0.2, 0.25) is 0 Å². The van der Waals surface area contributed by atoms with Gasteiger partial charge in [-0.15, -0.1) is 6.58 Å². The molecule has 0 radical (unpaired) electrons. The minimum atomic E-state index is -3.51. The summed E-state index contributed by atoms with van der Waals surface area (Å²) in [5.74, 6) is 0.439. The number of nitrogens with one attached hydrogen (secondary N) is 1. The van der Waals surface area contributed by atoms with Gasteiger partial charge in [0.15, 0.2) is 0 Å². The summed E-state index contributed by atoms with van der Waals surface area (Å²) in [5.41, 5.74) is 2.16. The molecular formula is C24H26N4O3S. The molecule has 8 heteroatoms. The quantitative estimate of drug-likeness (QED) is 0.443. The number of nitrogens with zero attached hydrogens (tertiary/aromatic N) is 3. The molecule has 0 bridgehead atoms. The van der Waals surface area contributed by atoms with Gasteiger partial charge in [0, 0.05) is 31.6 Å². The zero-order chi connectivity index (χ0) is 23.0. The molecule has 0 fully saturated rings. The number of sulfonamides is 1. The number of unbranched alkanes of at least 4 members (excludes halogenated alkanes) is 2. The fourth-order valence-corrected chi connectivity index (χ4v) is 4.73. The first kappa shape index (κ1) is 23.2. The van der Waals surface area contributed by atoms with Crippen LogP contribution in [0.4, 0.5) is 0 Å². The van der Waals surface area contributed by atoms with Gasteiger partial charge in [-0.3, -0.25) is 14.5 Å². The molecule has 1 N–H and O–H groups in total. The molecule has 0 unspecified atom stereocenters. The third-order valence-electron chi connectivity index (χ3n) is 5.14. The Morgan fingerprint density at radius 3 is 2.59 bits per heavy atom. The number of carbonyl (C=O) groups is 1. The van der Waals surface area contributed by atoms with Crippen LogP contribution in [0.25, 0.3) is 0 Å². The Morgan fingerprint density at radius 1 is 1.12 bits per heavy atom. The predicted molar refractivity (Wildman–Crippen MR) is 123 cm³/mol. The van der Waals surface area contributed by atoms with E-state index in [-0.39, 0.29) is 10.8 Å². The lowest BCUT2D eigenvalue weighted by Gasteiger charge is -2.21. The van der Waals surface area contributed by atoms with E-state index in [1.54, 1.807) is 47.4 Å². The summed E-state index contributed by atoms with van der Waals surface area (Å²) in [6, 6.07) is 16.1. The van der Waals surface area contributed by atoms with Gasteiger partial charge in [0.05, 0.1) is 16.5 Å². The van der Waals surface area contributed by atoms with Crippen molar-refractivity contribution in [3.8, 4) is 6.07 Å². The van der Waals surface area contributed by atoms with Crippen LogP contribution in [-0.4, -0.2) is 38.2 Å². The highest BCUT2D eigenvalue weighted by molar-refractivity contribution is 7.90. The van der Waals surface area contributed by atoms with E-state index in [1.807, 2.05) is 12.1 Å². The molecule has 0 aliphatic carbocycles. The smallest absolute Gasteiger partial charge is 0.263 e. The van der Waals surface area contributed by atoms with Crippen molar-refractivity contribution in [1.82, 2.24) is 9.62 Å². The molecule has 2 aromatic carbocycles. The number of amidine groups is 1. The minimum Gasteiger partial charge on any atom is -0.335 e. The van der Waals surface area contributed by atoms with Crippen LogP contribution in [0.15, 0.2) is 71.1 Å². The summed E-state index contributed by atoms with van der Waals surface area (Å²) >= 11 is 0. The molecule has 32 heavy (non-hydrogen) atoms. The molecule has 1 amide bonds. The van der Waals surface area contributed by atoms with Crippen molar-refractivity contribution in [3.63, 3.8) is 0 Å². The number of rotatable bonds is 10. The van der Waals surface area contributed by atoms with Crippen LogP contribution in [0.1, 0.15) is 42.4 Å². The van der Waals surface area contributed by atoms with Crippen molar-refractivity contribution in [2.45, 2.75) is 37.1 Å². The zero-order valence-electron chi connectivity index (χ0n) is 17.8. The van der Waals surface area contributed by atoms with Crippen LogP contribution in [-0.2, 0) is 21.4 Å². The van der Waals surface area contributed by atoms with Crippen molar-refractivity contribution in [3.05, 3.63) is 77.9 Å². The highest BCUT2D eigenvalue weighted by Crippen LogP contribution is 2.22. The fourth-order valence-electron chi connectivity index (χ4n) is 3.48. The number of amides is 1. The van der Waals surface area contributed by atoms with Gasteiger partial charge < -0.3 is 4.90 Å². The lowest BCUT2D eigenvalue weighted by molar-refractivity contribution is -0.131. The second kappa shape index (κ2) is 10.7. The molecule has 0 aromatic heterocycles. The average molecular weight is 451 g/mol. The van der Waals surface area contributed by atoms with E-state index in [2.05, 4.69) is 22.4 Å². The molecule has 0 saturated heterocycles. The topological polar surface area (TPSA) is 103 Å². The molecule has 2 aromatic rings. The maximum atomic E-state index is 12.6. The second-order valence-electron chi connectivity index (χ2n) is 7.51. The maximum absolute atomic E-state index is 12.6. The number of benzene rings is 2. The van der Waals surface area contributed by atoms with Crippen LogP contribution in [0.5, 0.6) is 0 Å². The summed E-state index contributed by atoms with van der Waals surface area (Å²) in [5, 5.41) is 8.90. The molecule has 0 atom stereocenters. The summed E-state index contributed by atoms with van der Waals surface area (Å²) in [4.78, 5) is 19.0. The summed E-state index contributed by atoms with van der Waals surface area (Å²) in [6.07, 6.45) is 4.44. The lowest BCUT2D eigenvalue weighted by Crippen LogP contribution is -2.30. The Hall–Kier alpha value is -3.44. The van der Waals surface area contributed by atoms with E-state index in [1.165, 1.54) is 0 Å². The van der Waals surface area contributed by atoms with E-state index in [9.17, 15) is 13.2 Å². The van der Waals surface area contributed by atoms with Crippen LogP contribution in [0.3, 0.4) is 0 Å². The SMILES string of the molecule is C=CCN(Cc1ccc(C#N)cc1)C(=O)CCCCCN=C1NS(=O)(=O)c2ccccc21. The summed E-state index contributed by atoms with van der Waals surface area (Å²) in [6.45, 7) is 5.16. The molecule has 3 rings (SSSR count). The predicted octanol–water partition coefficient (Wildman–Crippen LogP) is 3.37. The van der Waals surface area contributed by atoms with Gasteiger partial charge in [0.1, 0.15) is 5.84 Å². The largest absolute Gasteiger partial charge is 0.335 e. The number of aliphatic imine (C=N–C) groups is 1. The van der Waals surface area contributed by atoms with E-state index >= 15 is 0 Å². The third kappa shape index (κ3) is 5.83. The molecular weight excluding hydrogens is 424 g/mol. The Bertz CT molecular complexity index is 1150. The standard InChI is InChI=1S/C24H26N4O3S/c1-2-16-28(18-20-13-11-19(17-25)12-14-20)23(29)10-4-3-7-15-26-24-21-8-5-6-9-22(21)32(30,31)27-24/h2,5-6,8-9,11-14H,1,3-4,7,10,15-16,18H2,(H,26,27). The molecule has 1 aliphatic rings. The zero-order valence-corrected chi connectivity index (χ0v) is 18.6. The average Bonchev–Trinajstić information content (AvgIpc) is 3.06. The number of fused-ring (bicyclic) bond motifs is 1. The Labute approximate surface area is 189 Å². The van der Waals surface area contributed by atoms with Crippen LogP contribution < -0.4 is 4.72 Å². The van der Waals surface area contributed by atoms with E-state index < -0.39 is 10.0 Å². The maximum Gasteiger partial charge on any atom is 0.263 e. The molecule has 1 aliphatic heterocycles. The Balaban J connectivity index is 1.45. The Kier molecular flexibility index (Phi) is 7.79. The van der Waals surface area contributed by atoms with Crippen molar-refractivity contribution in [2.75, 3.05) is 13.1 Å². The van der Waals surface area contributed by atoms with Crippen molar-refractivity contribution < 1.29 is 13.2 Å². The highest BCUT2D eigenvalue weighted by atomic mass is 32.2.